The molecule has 2 heterocycles. The van der Waals surface area contributed by atoms with Crippen molar-refractivity contribution in [2.45, 2.75) is 13.3 Å². The van der Waals surface area contributed by atoms with Crippen molar-refractivity contribution in [1.29, 1.82) is 0 Å². The van der Waals surface area contributed by atoms with E-state index in [1.165, 1.54) is 13.5 Å². The predicted octanol–water partition coefficient (Wildman–Crippen LogP) is 1.21. The first-order valence-corrected chi connectivity index (χ1v) is 5.76. The maximum absolute atomic E-state index is 11.4. The maximum Gasteiger partial charge on any atom is 0.339 e. The molecule has 0 bridgehead atoms. The highest BCUT2D eigenvalue weighted by Crippen LogP contribution is 2.11. The number of nitrogens with one attached hydrogen (secondary N) is 1. The Labute approximate surface area is 110 Å². The second-order valence-electron chi connectivity index (χ2n) is 3.85. The molecule has 2 rings (SSSR count). The van der Waals surface area contributed by atoms with Gasteiger partial charge in [0.05, 0.1) is 18.4 Å². The number of nitrogens with zero attached hydrogens (tertiary/aromatic N) is 3. The van der Waals surface area contributed by atoms with Crippen LogP contribution in [0, 0.1) is 6.92 Å². The third-order valence-electron chi connectivity index (χ3n) is 2.55. The Morgan fingerprint density at radius 2 is 2.32 bits per heavy atom. The molecule has 0 radical (unpaired) electrons. The normalized spacial score (nSPS) is 10.2. The maximum atomic E-state index is 11.4. The van der Waals surface area contributed by atoms with Crippen LogP contribution in [-0.4, -0.2) is 34.7 Å². The van der Waals surface area contributed by atoms with Gasteiger partial charge in [-0.05, 0) is 19.1 Å². The zero-order valence-corrected chi connectivity index (χ0v) is 10.7. The highest BCUT2D eigenvalue weighted by molar-refractivity contribution is 5.90. The lowest BCUT2D eigenvalue weighted by Gasteiger charge is -2.07. The van der Waals surface area contributed by atoms with Crippen molar-refractivity contribution in [3.8, 4) is 0 Å². The van der Waals surface area contributed by atoms with Crippen LogP contribution in [0.4, 0.5) is 5.82 Å². The van der Waals surface area contributed by atoms with Crippen LogP contribution in [0.5, 0.6) is 0 Å². The summed E-state index contributed by atoms with van der Waals surface area (Å²) in [5.41, 5.74) is 1.09. The Balaban J connectivity index is 1.94. The van der Waals surface area contributed by atoms with Gasteiger partial charge in [0.25, 0.3) is 0 Å². The summed E-state index contributed by atoms with van der Waals surface area (Å²) < 4.78 is 9.30. The SMILES string of the molecule is COC(=O)c1ccc(NCCc2ncon2)nc1C. The molecule has 0 fully saturated rings. The van der Waals surface area contributed by atoms with Crippen molar-refractivity contribution in [3.63, 3.8) is 0 Å². The highest BCUT2D eigenvalue weighted by atomic mass is 16.5. The van der Waals surface area contributed by atoms with Crippen LogP contribution in [0.3, 0.4) is 0 Å². The van der Waals surface area contributed by atoms with E-state index in [0.717, 1.165) is 0 Å². The topological polar surface area (TPSA) is 90.1 Å². The van der Waals surface area contributed by atoms with E-state index >= 15 is 0 Å². The number of hydrogen-bond acceptors (Lipinski definition) is 7. The van der Waals surface area contributed by atoms with Crippen LogP contribution >= 0.6 is 0 Å². The molecule has 0 aromatic carbocycles. The first-order chi connectivity index (χ1) is 9.20. The third-order valence-corrected chi connectivity index (χ3v) is 2.55. The van der Waals surface area contributed by atoms with Gasteiger partial charge in [0.2, 0.25) is 6.39 Å². The van der Waals surface area contributed by atoms with E-state index in [0.29, 0.717) is 35.9 Å². The molecule has 7 nitrogen and oxygen atoms in total. The molecular weight excluding hydrogens is 248 g/mol. The fourth-order valence-electron chi connectivity index (χ4n) is 1.59. The van der Waals surface area contributed by atoms with Crippen LogP contribution in [0.1, 0.15) is 21.9 Å². The fraction of sp³-hybridized carbons (Fsp3) is 0.333. The first kappa shape index (κ1) is 13.0. The van der Waals surface area contributed by atoms with E-state index in [-0.39, 0.29) is 5.97 Å². The summed E-state index contributed by atoms with van der Waals surface area (Å²) in [7, 11) is 1.35. The number of methoxy groups -OCH3 is 1. The van der Waals surface area contributed by atoms with Gasteiger partial charge in [0, 0.05) is 13.0 Å². The Morgan fingerprint density at radius 1 is 1.47 bits per heavy atom. The predicted molar refractivity (Wildman–Crippen MR) is 66.8 cm³/mol. The number of ether oxygens (including phenoxy) is 1. The smallest absolute Gasteiger partial charge is 0.339 e. The standard InChI is InChI=1S/C12H14N4O3/c1-8-9(12(17)18-2)3-4-10(15-8)13-6-5-11-14-7-19-16-11/h3-4,7H,5-6H2,1-2H3,(H,13,15). The van der Waals surface area contributed by atoms with Gasteiger partial charge in [-0.25, -0.2) is 9.78 Å². The van der Waals surface area contributed by atoms with Crippen molar-refractivity contribution >= 4 is 11.8 Å². The van der Waals surface area contributed by atoms with Crippen LogP contribution in [0.2, 0.25) is 0 Å². The van der Waals surface area contributed by atoms with Crippen LogP contribution in [-0.2, 0) is 11.2 Å². The van der Waals surface area contributed by atoms with Gasteiger partial charge in [-0.2, -0.15) is 4.98 Å². The molecule has 100 valence electrons. The van der Waals surface area contributed by atoms with Crippen molar-refractivity contribution in [2.24, 2.45) is 0 Å². The summed E-state index contributed by atoms with van der Waals surface area (Å²) in [6, 6.07) is 3.42. The zero-order chi connectivity index (χ0) is 13.7. The number of carbonyl (C=O) groups is 1. The summed E-state index contributed by atoms with van der Waals surface area (Å²) in [5.74, 6) is 0.937. The molecule has 0 unspecified atom stereocenters. The minimum atomic E-state index is -0.386. The number of aromatic nitrogens is 3. The highest BCUT2D eigenvalue weighted by Gasteiger charge is 2.10. The summed E-state index contributed by atoms with van der Waals surface area (Å²) in [6.07, 6.45) is 1.93. The van der Waals surface area contributed by atoms with Crippen molar-refractivity contribution in [2.75, 3.05) is 19.0 Å². The second kappa shape index (κ2) is 5.94. The summed E-state index contributed by atoms with van der Waals surface area (Å²) in [6.45, 7) is 2.39. The van der Waals surface area contributed by atoms with Crippen LogP contribution in [0.15, 0.2) is 23.0 Å². The average molecular weight is 262 g/mol. The number of pyridine rings is 1. The lowest BCUT2D eigenvalue weighted by atomic mass is 10.2. The van der Waals surface area contributed by atoms with E-state index in [9.17, 15) is 4.79 Å². The van der Waals surface area contributed by atoms with Gasteiger partial charge in [0.1, 0.15) is 5.82 Å². The summed E-state index contributed by atoms with van der Waals surface area (Å²) in [4.78, 5) is 19.6. The number of aryl methyl sites for hydroxylation is 1. The van der Waals surface area contributed by atoms with Crippen molar-refractivity contribution < 1.29 is 14.1 Å². The minimum Gasteiger partial charge on any atom is -0.465 e. The number of rotatable bonds is 5. The fourth-order valence-corrected chi connectivity index (χ4v) is 1.59. The monoisotopic (exact) mass is 262 g/mol. The Kier molecular flexibility index (Phi) is 4.07. The van der Waals surface area contributed by atoms with Crippen LogP contribution < -0.4 is 5.32 Å². The van der Waals surface area contributed by atoms with Gasteiger partial charge in [-0.3, -0.25) is 0 Å². The summed E-state index contributed by atoms with van der Waals surface area (Å²) >= 11 is 0. The number of hydrogen-bond donors (Lipinski definition) is 1. The molecular formula is C12H14N4O3. The van der Waals surface area contributed by atoms with Gasteiger partial charge in [-0.1, -0.05) is 5.16 Å². The van der Waals surface area contributed by atoms with E-state index in [2.05, 4.69) is 29.7 Å². The van der Waals surface area contributed by atoms with Gasteiger partial charge < -0.3 is 14.6 Å². The molecule has 7 heteroatoms. The lowest BCUT2D eigenvalue weighted by molar-refractivity contribution is 0.0599. The van der Waals surface area contributed by atoms with E-state index < -0.39 is 0 Å². The molecule has 0 aliphatic carbocycles. The first-order valence-electron chi connectivity index (χ1n) is 5.76. The molecule has 0 amide bonds. The second-order valence-corrected chi connectivity index (χ2v) is 3.85. The molecule has 0 spiro atoms. The van der Waals surface area contributed by atoms with Crippen LogP contribution in [0.25, 0.3) is 0 Å². The zero-order valence-electron chi connectivity index (χ0n) is 10.7. The third kappa shape index (κ3) is 3.27. The van der Waals surface area contributed by atoms with Gasteiger partial charge in [-0.15, -0.1) is 0 Å². The van der Waals surface area contributed by atoms with E-state index in [1.807, 2.05) is 0 Å². The molecule has 1 N–H and O–H groups in total. The molecule has 19 heavy (non-hydrogen) atoms. The van der Waals surface area contributed by atoms with Gasteiger partial charge in [0.15, 0.2) is 5.82 Å². The molecule has 0 atom stereocenters. The number of anilines is 1. The van der Waals surface area contributed by atoms with E-state index in [1.54, 1.807) is 19.1 Å². The summed E-state index contributed by atoms with van der Waals surface area (Å²) in [5, 5.41) is 6.83. The molecule has 0 aliphatic heterocycles. The largest absolute Gasteiger partial charge is 0.465 e. The van der Waals surface area contributed by atoms with Crippen molar-refractivity contribution in [1.82, 2.24) is 15.1 Å². The molecule has 2 aromatic heterocycles. The minimum absolute atomic E-state index is 0.386. The Bertz CT molecular complexity index is 554. The average Bonchev–Trinajstić information content (AvgIpc) is 2.91. The molecule has 2 aromatic rings. The Hall–Kier alpha value is -2.44. The number of esters is 1. The molecule has 0 saturated carbocycles. The van der Waals surface area contributed by atoms with Crippen molar-refractivity contribution in [3.05, 3.63) is 35.6 Å². The van der Waals surface area contributed by atoms with E-state index in [4.69, 9.17) is 0 Å². The quantitative estimate of drug-likeness (QED) is 0.810. The molecule has 0 aliphatic rings. The lowest BCUT2D eigenvalue weighted by Crippen LogP contribution is -2.10. The molecule has 0 saturated heterocycles. The Morgan fingerprint density at radius 3 is 2.95 bits per heavy atom. The van der Waals surface area contributed by atoms with Gasteiger partial charge >= 0.3 is 5.97 Å². The number of carbonyl (C=O) groups excluding carboxylic acids is 1.